The zero-order chi connectivity index (χ0) is 14.8. The monoisotopic (exact) mass is 331 g/mol. The molecule has 3 aromatic heterocycles. The lowest BCUT2D eigenvalue weighted by molar-refractivity contribution is 0.573. The highest BCUT2D eigenvalue weighted by Crippen LogP contribution is 2.25. The van der Waals surface area contributed by atoms with Gasteiger partial charge in [0.1, 0.15) is 17.7 Å². The third kappa shape index (κ3) is 2.96. The van der Waals surface area contributed by atoms with Crippen LogP contribution in [0, 0.1) is 0 Å². The molecule has 0 bridgehead atoms. The van der Waals surface area contributed by atoms with Crippen LogP contribution in [0.5, 0.6) is 0 Å². The number of aromatic amines is 1. The molecule has 0 atom stereocenters. The number of hydrogen-bond acceptors (Lipinski definition) is 6. The van der Waals surface area contributed by atoms with E-state index in [0.29, 0.717) is 0 Å². The smallest absolute Gasteiger partial charge is 0.166 e. The summed E-state index contributed by atoms with van der Waals surface area (Å²) in [6.45, 7) is 2.22. The molecule has 0 spiro atoms. The molecule has 0 amide bonds. The molecule has 114 valence electrons. The summed E-state index contributed by atoms with van der Waals surface area (Å²) >= 11 is 3.36. The number of thioether (sulfide) groups is 1. The Hall–Kier alpha value is -1.60. The van der Waals surface area contributed by atoms with E-state index in [1.165, 1.54) is 19.3 Å². The Kier molecular flexibility index (Phi) is 3.99. The highest BCUT2D eigenvalue weighted by Gasteiger charge is 2.13. The normalized spacial score (nSPS) is 15.5. The molecular weight excluding hydrogens is 314 g/mol. The van der Waals surface area contributed by atoms with Crippen LogP contribution in [-0.2, 0) is 5.75 Å². The number of aromatic nitrogens is 4. The van der Waals surface area contributed by atoms with Crippen molar-refractivity contribution in [2.75, 3.05) is 18.0 Å². The third-order valence-corrected chi connectivity index (χ3v) is 5.49. The molecule has 0 saturated carbocycles. The Labute approximate surface area is 137 Å². The molecule has 0 radical (unpaired) electrons. The van der Waals surface area contributed by atoms with Crippen LogP contribution in [0.1, 0.15) is 25.0 Å². The summed E-state index contributed by atoms with van der Waals surface area (Å²) in [5.41, 5.74) is 3.22. The van der Waals surface area contributed by atoms with Gasteiger partial charge in [0.25, 0.3) is 0 Å². The van der Waals surface area contributed by atoms with Gasteiger partial charge in [0.15, 0.2) is 5.16 Å². The minimum atomic E-state index is 0.808. The first-order valence-corrected chi connectivity index (χ1v) is 9.42. The van der Waals surface area contributed by atoms with Crippen molar-refractivity contribution in [3.05, 3.63) is 28.8 Å². The Bertz CT molecular complexity index is 731. The highest BCUT2D eigenvalue weighted by molar-refractivity contribution is 7.98. The molecule has 22 heavy (non-hydrogen) atoms. The molecule has 1 aliphatic rings. The van der Waals surface area contributed by atoms with Crippen molar-refractivity contribution in [3.8, 4) is 0 Å². The molecule has 4 rings (SSSR count). The van der Waals surface area contributed by atoms with Crippen molar-refractivity contribution in [2.24, 2.45) is 0 Å². The molecule has 1 saturated heterocycles. The first-order chi connectivity index (χ1) is 10.9. The van der Waals surface area contributed by atoms with Crippen LogP contribution >= 0.6 is 23.1 Å². The summed E-state index contributed by atoms with van der Waals surface area (Å²) in [4.78, 5) is 19.1. The van der Waals surface area contributed by atoms with Gasteiger partial charge in [0.05, 0.1) is 11.2 Å². The zero-order valence-corrected chi connectivity index (χ0v) is 13.8. The largest absolute Gasteiger partial charge is 0.357 e. The fraction of sp³-hybridized carbons (Fsp3) is 0.400. The van der Waals surface area contributed by atoms with Crippen LogP contribution < -0.4 is 4.90 Å². The average molecular weight is 331 g/mol. The van der Waals surface area contributed by atoms with Crippen LogP contribution in [0.2, 0.25) is 0 Å². The summed E-state index contributed by atoms with van der Waals surface area (Å²) in [5, 5.41) is 5.11. The van der Waals surface area contributed by atoms with Crippen molar-refractivity contribution in [1.29, 1.82) is 0 Å². The number of thiophene rings is 1. The second-order valence-corrected chi connectivity index (χ2v) is 7.12. The van der Waals surface area contributed by atoms with E-state index in [2.05, 4.69) is 41.7 Å². The lowest BCUT2D eigenvalue weighted by Gasteiger charge is -2.27. The van der Waals surface area contributed by atoms with Crippen LogP contribution in [0.4, 0.5) is 5.82 Å². The fourth-order valence-electron chi connectivity index (χ4n) is 2.69. The van der Waals surface area contributed by atoms with E-state index in [9.17, 15) is 0 Å². The van der Waals surface area contributed by atoms with Gasteiger partial charge in [-0.1, -0.05) is 11.8 Å². The van der Waals surface area contributed by atoms with E-state index in [1.54, 1.807) is 29.4 Å². The van der Waals surface area contributed by atoms with E-state index >= 15 is 0 Å². The van der Waals surface area contributed by atoms with Crippen molar-refractivity contribution in [3.63, 3.8) is 0 Å². The number of piperidine rings is 1. The number of rotatable bonds is 4. The van der Waals surface area contributed by atoms with Crippen molar-refractivity contribution in [2.45, 2.75) is 30.2 Å². The molecule has 5 nitrogen and oxygen atoms in total. The first-order valence-electron chi connectivity index (χ1n) is 7.49. The SMILES string of the molecule is c1nc(CSc2nc3cscc3[nH]2)cc(N2CCCCC2)n1. The molecule has 0 aliphatic carbocycles. The first kappa shape index (κ1) is 14.0. The van der Waals surface area contributed by atoms with Crippen LogP contribution in [-0.4, -0.2) is 33.0 Å². The number of hydrogen-bond donors (Lipinski definition) is 1. The quantitative estimate of drug-likeness (QED) is 0.739. The lowest BCUT2D eigenvalue weighted by atomic mass is 10.1. The van der Waals surface area contributed by atoms with Crippen LogP contribution in [0.25, 0.3) is 11.0 Å². The van der Waals surface area contributed by atoms with E-state index in [-0.39, 0.29) is 0 Å². The Morgan fingerprint density at radius 3 is 2.95 bits per heavy atom. The molecule has 1 N–H and O–H groups in total. The average Bonchev–Trinajstić information content (AvgIpc) is 3.15. The van der Waals surface area contributed by atoms with Gasteiger partial charge >= 0.3 is 0 Å². The van der Waals surface area contributed by atoms with Gasteiger partial charge in [0.2, 0.25) is 0 Å². The highest BCUT2D eigenvalue weighted by atomic mass is 32.2. The summed E-state index contributed by atoms with van der Waals surface area (Å²) in [6.07, 6.45) is 5.54. The molecule has 1 aliphatic heterocycles. The van der Waals surface area contributed by atoms with E-state index in [0.717, 1.165) is 46.5 Å². The molecule has 4 heterocycles. The van der Waals surface area contributed by atoms with Crippen molar-refractivity contribution in [1.82, 2.24) is 19.9 Å². The minimum absolute atomic E-state index is 0.808. The predicted molar refractivity (Wildman–Crippen MR) is 91.6 cm³/mol. The molecule has 3 aromatic rings. The maximum absolute atomic E-state index is 4.56. The second kappa shape index (κ2) is 6.26. The van der Waals surface area contributed by atoms with Gasteiger partial charge in [-0.2, -0.15) is 0 Å². The van der Waals surface area contributed by atoms with E-state index in [1.807, 2.05) is 0 Å². The minimum Gasteiger partial charge on any atom is -0.357 e. The van der Waals surface area contributed by atoms with Gasteiger partial charge in [-0.05, 0) is 19.3 Å². The maximum Gasteiger partial charge on any atom is 0.166 e. The number of anilines is 1. The van der Waals surface area contributed by atoms with Gasteiger partial charge in [-0.3, -0.25) is 0 Å². The lowest BCUT2D eigenvalue weighted by Crippen LogP contribution is -2.30. The number of fused-ring (bicyclic) bond motifs is 1. The van der Waals surface area contributed by atoms with Gasteiger partial charge < -0.3 is 9.88 Å². The zero-order valence-electron chi connectivity index (χ0n) is 12.2. The molecule has 0 aromatic carbocycles. The topological polar surface area (TPSA) is 57.7 Å². The predicted octanol–water partition coefficient (Wildman–Crippen LogP) is 3.70. The molecule has 0 unspecified atom stereocenters. The number of imidazole rings is 1. The summed E-state index contributed by atoms with van der Waals surface area (Å²) in [6, 6.07) is 2.11. The van der Waals surface area contributed by atoms with Gasteiger partial charge in [0, 0.05) is 35.7 Å². The number of nitrogens with one attached hydrogen (secondary N) is 1. The molecule has 7 heteroatoms. The summed E-state index contributed by atoms with van der Waals surface area (Å²) in [7, 11) is 0. The maximum atomic E-state index is 4.56. The summed E-state index contributed by atoms with van der Waals surface area (Å²) in [5.74, 6) is 1.87. The van der Waals surface area contributed by atoms with Gasteiger partial charge in [-0.15, -0.1) is 11.3 Å². The Morgan fingerprint density at radius 2 is 2.09 bits per heavy atom. The third-order valence-electron chi connectivity index (χ3n) is 3.85. The molecule has 1 fully saturated rings. The van der Waals surface area contributed by atoms with E-state index in [4.69, 9.17) is 0 Å². The molecular formula is C15H17N5S2. The number of H-pyrrole nitrogens is 1. The van der Waals surface area contributed by atoms with Crippen LogP contribution in [0.15, 0.2) is 28.3 Å². The van der Waals surface area contributed by atoms with Crippen LogP contribution in [0.3, 0.4) is 0 Å². The standard InChI is InChI=1S/C15H17N5S2/c1-2-4-20(5-3-1)14-6-11(16-10-17-14)7-22-15-18-12-8-21-9-13(12)19-15/h6,8-10H,1-5,7H2,(H,18,19). The fourth-order valence-corrected chi connectivity index (χ4v) is 4.17. The summed E-state index contributed by atoms with van der Waals surface area (Å²) < 4.78 is 0. The Morgan fingerprint density at radius 1 is 1.18 bits per heavy atom. The second-order valence-electron chi connectivity index (χ2n) is 5.42. The van der Waals surface area contributed by atoms with Gasteiger partial charge in [-0.25, -0.2) is 15.0 Å². The number of nitrogens with zero attached hydrogens (tertiary/aromatic N) is 4. The van der Waals surface area contributed by atoms with Crippen molar-refractivity contribution >= 4 is 39.9 Å². The Balaban J connectivity index is 1.44. The van der Waals surface area contributed by atoms with Crippen molar-refractivity contribution < 1.29 is 0 Å². The van der Waals surface area contributed by atoms with E-state index < -0.39 is 0 Å².